The van der Waals surface area contributed by atoms with Gasteiger partial charge in [-0.15, -0.1) is 0 Å². The van der Waals surface area contributed by atoms with E-state index in [1.807, 2.05) is 30.3 Å². The number of thioether (sulfide) groups is 1. The summed E-state index contributed by atoms with van der Waals surface area (Å²) >= 11 is 7.63. The first-order chi connectivity index (χ1) is 18.0. The molecule has 0 unspecified atom stereocenters. The number of halogens is 1. The van der Waals surface area contributed by atoms with Crippen LogP contribution in [0.25, 0.3) is 6.08 Å². The molecule has 11 heteroatoms. The van der Waals surface area contributed by atoms with Crippen LogP contribution in [0.1, 0.15) is 11.1 Å². The highest BCUT2D eigenvalue weighted by Crippen LogP contribution is 2.32. The number of benzene rings is 2. The van der Waals surface area contributed by atoms with Crippen LogP contribution in [0.2, 0.25) is 5.02 Å². The van der Waals surface area contributed by atoms with Crippen molar-refractivity contribution in [1.29, 1.82) is 5.41 Å². The lowest BCUT2D eigenvalue weighted by molar-refractivity contribution is -0.114. The summed E-state index contributed by atoms with van der Waals surface area (Å²) in [6, 6.07) is 16.0. The fourth-order valence-corrected chi connectivity index (χ4v) is 4.60. The van der Waals surface area contributed by atoms with Crippen LogP contribution in [0, 0.1) is 5.41 Å². The highest BCUT2D eigenvalue weighted by Gasteiger charge is 2.36. The normalized spacial score (nSPS) is 15.8. The Morgan fingerprint density at radius 2 is 1.86 bits per heavy atom. The highest BCUT2D eigenvalue weighted by atomic mass is 35.5. The van der Waals surface area contributed by atoms with Gasteiger partial charge in [0.05, 0.1) is 17.7 Å². The predicted octanol–water partition coefficient (Wildman–Crippen LogP) is 4.87. The summed E-state index contributed by atoms with van der Waals surface area (Å²) < 4.78 is 16.5. The largest absolute Gasteiger partial charge is 0.497 e. The number of aliphatic imine (C=N–C) groups is 1. The summed E-state index contributed by atoms with van der Waals surface area (Å²) in [5.74, 6) is 1.36. The van der Waals surface area contributed by atoms with Gasteiger partial charge in [-0.1, -0.05) is 17.7 Å². The summed E-state index contributed by atoms with van der Waals surface area (Å²) in [6.45, 7) is 0.618. The van der Waals surface area contributed by atoms with Crippen LogP contribution in [-0.4, -0.2) is 52.3 Å². The van der Waals surface area contributed by atoms with Gasteiger partial charge in [0, 0.05) is 18.0 Å². The van der Waals surface area contributed by atoms with Gasteiger partial charge in [-0.25, -0.2) is 0 Å². The van der Waals surface area contributed by atoms with E-state index >= 15 is 0 Å². The summed E-state index contributed by atoms with van der Waals surface area (Å²) in [6.07, 6.45) is 4.90. The van der Waals surface area contributed by atoms with Crippen molar-refractivity contribution in [1.82, 2.24) is 9.99 Å². The molecule has 2 aliphatic rings. The smallest absolute Gasteiger partial charge is 0.283 e. The van der Waals surface area contributed by atoms with E-state index in [0.29, 0.717) is 38.9 Å². The van der Waals surface area contributed by atoms with E-state index in [9.17, 15) is 4.79 Å². The minimum absolute atomic E-state index is 0.0616. The standard InChI is InChI=1S/C26H20ClN5O4S/c1-34-18-5-7-19(8-6-18)35-11-12-36-22-9-4-16(14-21(22)27)13-20-23(28)32-26(30-24(20)33)37-25(31-32)17-3-2-10-29-15-17/h2-10,13-15,28H,11-12H2,1H3. The minimum atomic E-state index is -0.515. The highest BCUT2D eigenvalue weighted by molar-refractivity contribution is 8.27. The van der Waals surface area contributed by atoms with Crippen molar-refractivity contribution in [3.63, 3.8) is 0 Å². The van der Waals surface area contributed by atoms with Crippen molar-refractivity contribution in [3.8, 4) is 17.2 Å². The third-order valence-corrected chi connectivity index (χ3v) is 6.55. The maximum atomic E-state index is 12.7. The Kier molecular flexibility index (Phi) is 7.20. The Labute approximate surface area is 221 Å². The molecule has 0 radical (unpaired) electrons. The maximum Gasteiger partial charge on any atom is 0.283 e. The maximum absolute atomic E-state index is 12.7. The van der Waals surface area contributed by atoms with Gasteiger partial charge in [-0.2, -0.15) is 15.1 Å². The van der Waals surface area contributed by atoms with Gasteiger partial charge in [-0.3, -0.25) is 15.2 Å². The molecular weight excluding hydrogens is 514 g/mol. The van der Waals surface area contributed by atoms with E-state index in [1.165, 1.54) is 16.8 Å². The van der Waals surface area contributed by atoms with Gasteiger partial charge in [0.25, 0.3) is 5.91 Å². The van der Waals surface area contributed by atoms with Crippen LogP contribution in [0.3, 0.4) is 0 Å². The van der Waals surface area contributed by atoms with Crippen molar-refractivity contribution in [3.05, 3.63) is 88.7 Å². The Balaban J connectivity index is 1.23. The molecule has 0 aliphatic carbocycles. The average Bonchev–Trinajstić information content (AvgIpc) is 3.35. The Morgan fingerprint density at radius 1 is 1.08 bits per heavy atom. The van der Waals surface area contributed by atoms with Crippen molar-refractivity contribution in [2.45, 2.75) is 0 Å². The predicted molar refractivity (Wildman–Crippen MR) is 144 cm³/mol. The van der Waals surface area contributed by atoms with Crippen LogP contribution in [-0.2, 0) is 4.79 Å². The van der Waals surface area contributed by atoms with E-state index in [4.69, 9.17) is 31.2 Å². The quantitative estimate of drug-likeness (QED) is 0.325. The zero-order valence-electron chi connectivity index (χ0n) is 19.6. The number of fused-ring (bicyclic) bond motifs is 1. The number of rotatable bonds is 8. The molecular formula is C26H20ClN5O4S. The molecule has 1 aromatic heterocycles. The summed E-state index contributed by atoms with van der Waals surface area (Å²) in [7, 11) is 1.61. The lowest BCUT2D eigenvalue weighted by atomic mass is 10.1. The summed E-state index contributed by atoms with van der Waals surface area (Å²) in [4.78, 5) is 20.9. The zero-order valence-corrected chi connectivity index (χ0v) is 21.1. The topological polar surface area (TPSA) is 109 Å². The molecule has 9 nitrogen and oxygen atoms in total. The third kappa shape index (κ3) is 5.50. The lowest BCUT2D eigenvalue weighted by Crippen LogP contribution is -2.35. The van der Waals surface area contributed by atoms with Gasteiger partial charge in [0.15, 0.2) is 5.84 Å². The average molecular weight is 534 g/mol. The molecule has 2 aromatic carbocycles. The number of nitrogens with zero attached hydrogens (tertiary/aromatic N) is 4. The van der Waals surface area contributed by atoms with Gasteiger partial charge >= 0.3 is 0 Å². The van der Waals surface area contributed by atoms with Crippen LogP contribution < -0.4 is 14.2 Å². The number of amides is 1. The molecule has 3 heterocycles. The van der Waals surface area contributed by atoms with Crippen molar-refractivity contribution < 1.29 is 19.0 Å². The molecule has 3 aromatic rings. The third-order valence-electron chi connectivity index (χ3n) is 5.30. The summed E-state index contributed by atoms with van der Waals surface area (Å²) in [5.41, 5.74) is 1.52. The number of carbonyl (C=O) groups is 1. The first-order valence-electron chi connectivity index (χ1n) is 11.1. The zero-order chi connectivity index (χ0) is 25.8. The van der Waals surface area contributed by atoms with Crippen molar-refractivity contribution >= 4 is 51.4 Å². The molecule has 0 saturated heterocycles. The van der Waals surface area contributed by atoms with Gasteiger partial charge in [-0.05, 0) is 71.9 Å². The number of methoxy groups -OCH3 is 1. The number of pyridine rings is 1. The Hall–Kier alpha value is -4.15. The second-order valence-corrected chi connectivity index (χ2v) is 9.09. The van der Waals surface area contributed by atoms with Crippen LogP contribution in [0.15, 0.2) is 82.7 Å². The SMILES string of the molecule is COc1ccc(OCCOc2ccc(C=C3C(=N)N4N=C(c5cccnc5)SC4=NC3=O)cc2Cl)cc1. The number of nitrogens with one attached hydrogen (secondary N) is 1. The molecule has 1 N–H and O–H groups in total. The summed E-state index contributed by atoms with van der Waals surface area (Å²) in [5, 5.41) is 15.7. The van der Waals surface area contributed by atoms with Gasteiger partial charge < -0.3 is 14.2 Å². The number of carbonyl (C=O) groups excluding carboxylic acids is 1. The number of amidine groups is 2. The second-order valence-electron chi connectivity index (χ2n) is 7.73. The molecule has 0 atom stereocenters. The Bertz CT molecular complexity index is 1440. The monoisotopic (exact) mass is 533 g/mol. The molecule has 37 heavy (non-hydrogen) atoms. The first-order valence-corrected chi connectivity index (χ1v) is 12.3. The lowest BCUT2D eigenvalue weighted by Gasteiger charge is -2.20. The molecule has 0 saturated carbocycles. The fourth-order valence-electron chi connectivity index (χ4n) is 3.47. The molecule has 1 amide bonds. The van der Waals surface area contributed by atoms with Gasteiger partial charge in [0.1, 0.15) is 35.5 Å². The van der Waals surface area contributed by atoms with Crippen molar-refractivity contribution in [2.75, 3.05) is 20.3 Å². The molecule has 0 fully saturated rings. The Morgan fingerprint density at radius 3 is 2.59 bits per heavy atom. The van der Waals surface area contributed by atoms with E-state index in [2.05, 4.69) is 15.1 Å². The number of hydrazone groups is 1. The minimum Gasteiger partial charge on any atom is -0.497 e. The second kappa shape index (κ2) is 10.9. The number of aromatic nitrogens is 1. The molecule has 0 bridgehead atoms. The van der Waals surface area contributed by atoms with Crippen LogP contribution in [0.4, 0.5) is 0 Å². The van der Waals surface area contributed by atoms with E-state index in [0.717, 1.165) is 11.3 Å². The molecule has 0 spiro atoms. The van der Waals surface area contributed by atoms with Crippen molar-refractivity contribution in [2.24, 2.45) is 10.1 Å². The number of hydrogen-bond acceptors (Lipinski definition) is 8. The van der Waals surface area contributed by atoms with E-state index in [-0.39, 0.29) is 18.0 Å². The molecule has 186 valence electrons. The van der Waals surface area contributed by atoms with E-state index in [1.54, 1.807) is 49.8 Å². The molecule has 2 aliphatic heterocycles. The number of hydrogen-bond donors (Lipinski definition) is 1. The first kappa shape index (κ1) is 24.5. The van der Waals surface area contributed by atoms with Crippen LogP contribution in [0.5, 0.6) is 17.2 Å². The fraction of sp³-hybridized carbons (Fsp3) is 0.115. The number of ether oxygens (including phenoxy) is 3. The van der Waals surface area contributed by atoms with E-state index < -0.39 is 5.91 Å². The molecule has 5 rings (SSSR count). The van der Waals surface area contributed by atoms with Crippen LogP contribution >= 0.6 is 23.4 Å². The van der Waals surface area contributed by atoms with Gasteiger partial charge in [0.2, 0.25) is 5.17 Å².